The van der Waals surface area contributed by atoms with Crippen LogP contribution < -0.4 is 10.5 Å². The summed E-state index contributed by atoms with van der Waals surface area (Å²) in [4.78, 5) is 19.1. The number of ether oxygens (including phenoxy) is 1. The van der Waals surface area contributed by atoms with Crippen LogP contribution >= 0.6 is 0 Å². The van der Waals surface area contributed by atoms with Gasteiger partial charge in [-0.15, -0.1) is 0 Å². The third-order valence-electron chi connectivity index (χ3n) is 2.44. The molecule has 1 aromatic heterocycles. The number of carbonyl (C=O) groups is 1. The molecule has 0 atom stereocenters. The van der Waals surface area contributed by atoms with Crippen molar-refractivity contribution in [1.29, 1.82) is 0 Å². The molecule has 0 aliphatic rings. The maximum absolute atomic E-state index is 10.9. The van der Waals surface area contributed by atoms with Gasteiger partial charge in [-0.05, 0) is 36.2 Å². The van der Waals surface area contributed by atoms with Crippen LogP contribution in [0.1, 0.15) is 22.8 Å². The third-order valence-corrected chi connectivity index (χ3v) is 2.44. The Morgan fingerprint density at radius 3 is 2.33 bits per heavy atom. The molecular formula is C13H13N3O2. The molecule has 0 bridgehead atoms. The molecule has 0 radical (unpaired) electrons. The number of aryl methyl sites for hydroxylation is 1. The van der Waals surface area contributed by atoms with Gasteiger partial charge in [0.1, 0.15) is 5.75 Å². The zero-order valence-corrected chi connectivity index (χ0v) is 9.96. The van der Waals surface area contributed by atoms with Gasteiger partial charge < -0.3 is 10.5 Å². The number of nitrogens with zero attached hydrogens (tertiary/aromatic N) is 2. The number of hydrogen-bond acceptors (Lipinski definition) is 4. The fraction of sp³-hybridized carbons (Fsp3) is 0.154. The van der Waals surface area contributed by atoms with E-state index in [0.717, 1.165) is 12.0 Å². The van der Waals surface area contributed by atoms with Crippen molar-refractivity contribution in [2.45, 2.75) is 13.3 Å². The van der Waals surface area contributed by atoms with Gasteiger partial charge in [-0.2, -0.15) is 0 Å². The summed E-state index contributed by atoms with van der Waals surface area (Å²) in [6.45, 7) is 2.03. The molecule has 1 amide bonds. The molecule has 1 aromatic carbocycles. The van der Waals surface area contributed by atoms with Crippen molar-refractivity contribution in [2.24, 2.45) is 5.73 Å². The van der Waals surface area contributed by atoms with E-state index in [9.17, 15) is 4.79 Å². The van der Waals surface area contributed by atoms with Crippen molar-refractivity contribution >= 4 is 5.91 Å². The number of benzene rings is 1. The minimum Gasteiger partial charge on any atom is -0.424 e. The molecular weight excluding hydrogens is 230 g/mol. The summed E-state index contributed by atoms with van der Waals surface area (Å²) in [5.74, 6) is 0.0920. The van der Waals surface area contributed by atoms with Crippen LogP contribution in [0.4, 0.5) is 0 Å². The number of aromatic nitrogens is 2. The Balaban J connectivity index is 2.10. The lowest BCUT2D eigenvalue weighted by atomic mass is 10.2. The normalized spacial score (nSPS) is 10.1. The van der Waals surface area contributed by atoms with E-state index in [1.54, 1.807) is 36.7 Å². The van der Waals surface area contributed by atoms with Crippen LogP contribution in [0.3, 0.4) is 0 Å². The second kappa shape index (κ2) is 5.27. The van der Waals surface area contributed by atoms with Gasteiger partial charge in [0.15, 0.2) is 0 Å². The Hall–Kier alpha value is -2.43. The summed E-state index contributed by atoms with van der Waals surface area (Å²) >= 11 is 0. The summed E-state index contributed by atoms with van der Waals surface area (Å²) < 4.78 is 5.44. The standard InChI is InChI=1S/C13H13N3O2/c1-2-9-7-15-13(16-8-9)18-11-5-3-10(4-6-11)12(14)17/h3-8H,2H2,1H3,(H2,14,17). The minimum absolute atomic E-state index is 0.277. The molecule has 0 fully saturated rings. The van der Waals surface area contributed by atoms with Crippen LogP contribution in [0, 0.1) is 0 Å². The van der Waals surface area contributed by atoms with Gasteiger partial charge in [-0.1, -0.05) is 6.92 Å². The Kier molecular flexibility index (Phi) is 3.52. The van der Waals surface area contributed by atoms with Crippen molar-refractivity contribution in [2.75, 3.05) is 0 Å². The molecule has 0 saturated carbocycles. The topological polar surface area (TPSA) is 78.1 Å². The predicted molar refractivity (Wildman–Crippen MR) is 66.4 cm³/mol. The summed E-state index contributed by atoms with van der Waals surface area (Å²) in [5.41, 5.74) is 6.63. The van der Waals surface area contributed by atoms with Gasteiger partial charge >= 0.3 is 6.01 Å². The minimum atomic E-state index is -0.468. The van der Waals surface area contributed by atoms with E-state index in [-0.39, 0.29) is 6.01 Å². The molecule has 1 heterocycles. The molecule has 0 spiro atoms. The average molecular weight is 243 g/mol. The second-order valence-electron chi connectivity index (χ2n) is 3.72. The molecule has 0 aliphatic heterocycles. The summed E-state index contributed by atoms with van der Waals surface area (Å²) in [6.07, 6.45) is 4.33. The monoisotopic (exact) mass is 243 g/mol. The van der Waals surface area contributed by atoms with Gasteiger partial charge in [0.2, 0.25) is 5.91 Å². The first kappa shape index (κ1) is 12.0. The zero-order valence-electron chi connectivity index (χ0n) is 9.96. The first-order chi connectivity index (χ1) is 8.69. The molecule has 18 heavy (non-hydrogen) atoms. The second-order valence-corrected chi connectivity index (χ2v) is 3.72. The van der Waals surface area contributed by atoms with Gasteiger partial charge in [0, 0.05) is 18.0 Å². The number of amides is 1. The predicted octanol–water partition coefficient (Wildman–Crippen LogP) is 1.93. The molecule has 2 N–H and O–H groups in total. The molecule has 2 aromatic rings. The molecule has 2 rings (SSSR count). The van der Waals surface area contributed by atoms with Crippen LogP contribution in [-0.2, 0) is 6.42 Å². The first-order valence-electron chi connectivity index (χ1n) is 5.57. The van der Waals surface area contributed by atoms with Gasteiger partial charge in [0.05, 0.1) is 0 Å². The molecule has 0 saturated heterocycles. The van der Waals surface area contributed by atoms with Crippen molar-refractivity contribution in [1.82, 2.24) is 9.97 Å². The number of primary amides is 1. The Labute approximate surface area is 105 Å². The summed E-state index contributed by atoms with van der Waals surface area (Å²) in [6, 6.07) is 6.77. The molecule has 92 valence electrons. The fourth-order valence-corrected chi connectivity index (χ4v) is 1.37. The van der Waals surface area contributed by atoms with E-state index >= 15 is 0 Å². The summed E-state index contributed by atoms with van der Waals surface area (Å²) in [7, 11) is 0. The molecule has 0 aliphatic carbocycles. The van der Waals surface area contributed by atoms with Gasteiger partial charge in [0.25, 0.3) is 0 Å². The van der Waals surface area contributed by atoms with E-state index in [0.29, 0.717) is 11.3 Å². The number of nitrogens with two attached hydrogens (primary N) is 1. The van der Waals surface area contributed by atoms with Crippen LogP contribution in [0.25, 0.3) is 0 Å². The van der Waals surface area contributed by atoms with Crippen LogP contribution in [0.2, 0.25) is 0 Å². The molecule has 0 unspecified atom stereocenters. The van der Waals surface area contributed by atoms with Crippen LogP contribution in [0.5, 0.6) is 11.8 Å². The largest absolute Gasteiger partial charge is 0.424 e. The Bertz CT molecular complexity index is 535. The highest BCUT2D eigenvalue weighted by atomic mass is 16.5. The van der Waals surface area contributed by atoms with E-state index in [1.165, 1.54) is 0 Å². The van der Waals surface area contributed by atoms with Crippen LogP contribution in [-0.4, -0.2) is 15.9 Å². The highest BCUT2D eigenvalue weighted by Crippen LogP contribution is 2.17. The van der Waals surface area contributed by atoms with Crippen LogP contribution in [0.15, 0.2) is 36.7 Å². The lowest BCUT2D eigenvalue weighted by Crippen LogP contribution is -2.10. The smallest absolute Gasteiger partial charge is 0.321 e. The van der Waals surface area contributed by atoms with Gasteiger partial charge in [-0.25, -0.2) is 9.97 Å². The first-order valence-corrected chi connectivity index (χ1v) is 5.57. The maximum Gasteiger partial charge on any atom is 0.321 e. The van der Waals surface area contributed by atoms with Crippen molar-refractivity contribution < 1.29 is 9.53 Å². The quantitative estimate of drug-likeness (QED) is 0.889. The SMILES string of the molecule is CCc1cnc(Oc2ccc(C(N)=O)cc2)nc1. The maximum atomic E-state index is 10.9. The summed E-state index contributed by atoms with van der Waals surface area (Å²) in [5, 5.41) is 0. The number of hydrogen-bond donors (Lipinski definition) is 1. The van der Waals surface area contributed by atoms with E-state index in [2.05, 4.69) is 9.97 Å². The lowest BCUT2D eigenvalue weighted by molar-refractivity contribution is 0.100. The van der Waals surface area contributed by atoms with E-state index < -0.39 is 5.91 Å². The third kappa shape index (κ3) is 2.82. The average Bonchev–Trinajstić information content (AvgIpc) is 2.40. The van der Waals surface area contributed by atoms with Gasteiger partial charge in [-0.3, -0.25) is 4.79 Å². The fourth-order valence-electron chi connectivity index (χ4n) is 1.37. The molecule has 5 nitrogen and oxygen atoms in total. The number of rotatable bonds is 4. The van der Waals surface area contributed by atoms with Crippen molar-refractivity contribution in [3.63, 3.8) is 0 Å². The van der Waals surface area contributed by atoms with Crippen molar-refractivity contribution in [3.8, 4) is 11.8 Å². The van der Waals surface area contributed by atoms with E-state index in [4.69, 9.17) is 10.5 Å². The molecule has 5 heteroatoms. The van der Waals surface area contributed by atoms with E-state index in [1.807, 2.05) is 6.92 Å². The highest BCUT2D eigenvalue weighted by molar-refractivity contribution is 5.92. The Morgan fingerprint density at radius 1 is 1.22 bits per heavy atom. The highest BCUT2D eigenvalue weighted by Gasteiger charge is 2.03. The number of carbonyl (C=O) groups excluding carboxylic acids is 1. The zero-order chi connectivity index (χ0) is 13.0. The lowest BCUT2D eigenvalue weighted by Gasteiger charge is -2.04. The Morgan fingerprint density at radius 2 is 1.83 bits per heavy atom. The van der Waals surface area contributed by atoms with Crippen molar-refractivity contribution in [3.05, 3.63) is 47.8 Å².